The molecule has 0 saturated heterocycles. The molecule has 0 amide bonds. The second kappa shape index (κ2) is 11.7. The fraction of sp³-hybridized carbons (Fsp3) is 0.217. The van der Waals surface area contributed by atoms with E-state index in [4.69, 9.17) is 22.3 Å². The van der Waals surface area contributed by atoms with E-state index in [1.165, 1.54) is 12.1 Å². The van der Waals surface area contributed by atoms with Gasteiger partial charge in [0.2, 0.25) is 0 Å². The lowest BCUT2D eigenvalue weighted by molar-refractivity contribution is 0.366. The van der Waals surface area contributed by atoms with E-state index in [9.17, 15) is 10.2 Å². The van der Waals surface area contributed by atoms with Crippen molar-refractivity contribution in [1.82, 2.24) is 0 Å². The van der Waals surface area contributed by atoms with Gasteiger partial charge < -0.3 is 19.7 Å². The van der Waals surface area contributed by atoms with Gasteiger partial charge in [0.25, 0.3) is 0 Å². The Morgan fingerprint density at radius 3 is 1.62 bits per heavy atom. The van der Waals surface area contributed by atoms with Crippen molar-refractivity contribution in [3.8, 4) is 47.7 Å². The predicted molar refractivity (Wildman–Crippen MR) is 114 cm³/mol. The third-order valence-electron chi connectivity index (χ3n) is 3.68. The number of rotatable bonds is 10. The summed E-state index contributed by atoms with van der Waals surface area (Å²) in [7, 11) is 0. The fourth-order valence-corrected chi connectivity index (χ4v) is 2.27. The number of aliphatic imine (C=N–C) groups is 2. The van der Waals surface area contributed by atoms with Crippen LogP contribution in [0.4, 0.5) is 0 Å². The monoisotopic (exact) mass is 390 g/mol. The van der Waals surface area contributed by atoms with E-state index in [1.807, 2.05) is 0 Å². The van der Waals surface area contributed by atoms with Crippen LogP contribution in [-0.2, 0) is 0 Å². The number of hydrogen-bond donors (Lipinski definition) is 2. The third-order valence-corrected chi connectivity index (χ3v) is 3.68. The smallest absolute Gasteiger partial charge is 0.148 e. The van der Waals surface area contributed by atoms with Crippen molar-refractivity contribution < 1.29 is 19.7 Å². The molecule has 2 aromatic rings. The van der Waals surface area contributed by atoms with Crippen LogP contribution in [0.2, 0.25) is 0 Å². The van der Waals surface area contributed by atoms with Crippen LogP contribution in [0.15, 0.2) is 46.4 Å². The molecule has 0 unspecified atom stereocenters. The molecule has 6 nitrogen and oxygen atoms in total. The predicted octanol–water partition coefficient (Wildman–Crippen LogP) is 3.05. The Bertz CT molecular complexity index is 875. The summed E-state index contributed by atoms with van der Waals surface area (Å²) in [6.45, 7) is 1.40. The molecule has 0 radical (unpaired) electrons. The van der Waals surface area contributed by atoms with Gasteiger partial charge in [-0.1, -0.05) is 11.8 Å². The summed E-state index contributed by atoms with van der Waals surface area (Å²) in [4.78, 5) is 8.56. The van der Waals surface area contributed by atoms with Crippen LogP contribution in [-0.4, -0.2) is 48.9 Å². The molecule has 29 heavy (non-hydrogen) atoms. The van der Waals surface area contributed by atoms with E-state index >= 15 is 0 Å². The molecule has 0 aliphatic heterocycles. The summed E-state index contributed by atoms with van der Waals surface area (Å²) in [6, 6.07) is 9.86. The molecule has 0 fully saturated rings. The molecule has 0 spiro atoms. The highest BCUT2D eigenvalue weighted by molar-refractivity contribution is 5.84. The average Bonchev–Trinajstić information content (AvgIpc) is 2.72. The minimum Gasteiger partial charge on any atom is -0.507 e. The van der Waals surface area contributed by atoms with Gasteiger partial charge in [-0.3, -0.25) is 9.98 Å². The zero-order chi connectivity index (χ0) is 20.9. The van der Waals surface area contributed by atoms with Gasteiger partial charge in [-0.15, -0.1) is 12.8 Å². The SMILES string of the molecule is C#CCOc1ccc(C=NCCCN=Cc2ccc(OCC#C)cc2O)c(O)c1. The molecule has 0 aliphatic rings. The first-order valence-electron chi connectivity index (χ1n) is 8.92. The van der Waals surface area contributed by atoms with E-state index < -0.39 is 0 Å². The van der Waals surface area contributed by atoms with Crippen LogP contribution >= 0.6 is 0 Å². The second-order valence-electron chi connectivity index (χ2n) is 5.85. The van der Waals surface area contributed by atoms with Gasteiger partial charge in [0.1, 0.15) is 36.2 Å². The molecule has 0 saturated carbocycles. The van der Waals surface area contributed by atoms with Crippen molar-refractivity contribution >= 4 is 12.4 Å². The Hall–Kier alpha value is -3.90. The number of nitrogens with zero attached hydrogens (tertiary/aromatic N) is 2. The number of phenolic OH excluding ortho intramolecular Hbond substituents is 2. The zero-order valence-electron chi connectivity index (χ0n) is 15.9. The molecular weight excluding hydrogens is 368 g/mol. The van der Waals surface area contributed by atoms with E-state index in [1.54, 1.807) is 36.7 Å². The summed E-state index contributed by atoms with van der Waals surface area (Å²) in [5.74, 6) is 5.89. The lowest BCUT2D eigenvalue weighted by atomic mass is 10.2. The quantitative estimate of drug-likeness (QED) is 0.371. The normalized spacial score (nSPS) is 10.7. The van der Waals surface area contributed by atoms with Crippen molar-refractivity contribution in [2.75, 3.05) is 26.3 Å². The van der Waals surface area contributed by atoms with Gasteiger partial charge in [0.05, 0.1) is 0 Å². The highest BCUT2D eigenvalue weighted by Crippen LogP contribution is 2.23. The Kier molecular flexibility index (Phi) is 8.66. The third kappa shape index (κ3) is 7.32. The lowest BCUT2D eigenvalue weighted by Gasteiger charge is -2.04. The number of aromatic hydroxyl groups is 2. The molecule has 2 aromatic carbocycles. The van der Waals surface area contributed by atoms with Gasteiger partial charge in [-0.05, 0) is 30.7 Å². The molecule has 0 atom stereocenters. The van der Waals surface area contributed by atoms with Crippen LogP contribution in [0.1, 0.15) is 17.5 Å². The maximum absolute atomic E-state index is 9.96. The van der Waals surface area contributed by atoms with Crippen LogP contribution in [0.5, 0.6) is 23.0 Å². The summed E-state index contributed by atoms with van der Waals surface area (Å²) >= 11 is 0. The van der Waals surface area contributed by atoms with Crippen molar-refractivity contribution in [1.29, 1.82) is 0 Å². The Balaban J connectivity index is 1.77. The minimum atomic E-state index is 0.0754. The highest BCUT2D eigenvalue weighted by atomic mass is 16.5. The molecule has 148 valence electrons. The van der Waals surface area contributed by atoms with E-state index in [-0.39, 0.29) is 24.7 Å². The molecule has 2 rings (SSSR count). The van der Waals surface area contributed by atoms with Crippen molar-refractivity contribution in [2.45, 2.75) is 6.42 Å². The first kappa shape index (κ1) is 21.4. The molecule has 2 N–H and O–H groups in total. The topological polar surface area (TPSA) is 83.6 Å². The average molecular weight is 390 g/mol. The number of phenols is 2. The lowest BCUT2D eigenvalue weighted by Crippen LogP contribution is -1.95. The van der Waals surface area contributed by atoms with Gasteiger partial charge in [-0.25, -0.2) is 0 Å². The van der Waals surface area contributed by atoms with E-state index in [0.29, 0.717) is 35.7 Å². The molecule has 0 aliphatic carbocycles. The van der Waals surface area contributed by atoms with E-state index in [0.717, 1.165) is 6.42 Å². The molecular formula is C23H22N2O4. The number of hydrogen-bond acceptors (Lipinski definition) is 6. The molecule has 0 heterocycles. The standard InChI is InChI=1S/C23H22N2O4/c1-3-12-28-20-8-6-18(22(26)14-20)16-24-10-5-11-25-17-19-7-9-21(15-23(19)27)29-13-4-2/h1-2,6-9,14-17,26-27H,5,10-13H2. The van der Waals surface area contributed by atoms with Gasteiger partial charge in [0, 0.05) is 48.8 Å². The van der Waals surface area contributed by atoms with Gasteiger partial charge >= 0.3 is 0 Å². The van der Waals surface area contributed by atoms with Crippen LogP contribution in [0.25, 0.3) is 0 Å². The summed E-state index contributed by atoms with van der Waals surface area (Å²) < 4.78 is 10.5. The summed E-state index contributed by atoms with van der Waals surface area (Å²) in [5, 5.41) is 19.9. The first-order chi connectivity index (χ1) is 14.1. The largest absolute Gasteiger partial charge is 0.507 e. The second-order valence-corrected chi connectivity index (χ2v) is 5.85. The Morgan fingerprint density at radius 1 is 0.793 bits per heavy atom. The number of ether oxygens (including phenoxy) is 2. The van der Waals surface area contributed by atoms with Crippen molar-refractivity contribution in [3.63, 3.8) is 0 Å². The Labute approximate surface area is 170 Å². The van der Waals surface area contributed by atoms with Crippen LogP contribution in [0.3, 0.4) is 0 Å². The first-order valence-corrected chi connectivity index (χ1v) is 8.92. The van der Waals surface area contributed by atoms with Crippen LogP contribution < -0.4 is 9.47 Å². The molecule has 6 heteroatoms. The molecule has 0 bridgehead atoms. The maximum Gasteiger partial charge on any atom is 0.148 e. The van der Waals surface area contributed by atoms with E-state index in [2.05, 4.69) is 21.8 Å². The van der Waals surface area contributed by atoms with Crippen molar-refractivity contribution in [3.05, 3.63) is 47.5 Å². The van der Waals surface area contributed by atoms with Crippen molar-refractivity contribution in [2.24, 2.45) is 9.98 Å². The fourth-order valence-electron chi connectivity index (χ4n) is 2.27. The van der Waals surface area contributed by atoms with Gasteiger partial charge in [0.15, 0.2) is 0 Å². The van der Waals surface area contributed by atoms with Gasteiger partial charge in [-0.2, -0.15) is 0 Å². The number of terminal acetylenes is 2. The molecule has 0 aromatic heterocycles. The zero-order valence-corrected chi connectivity index (χ0v) is 15.9. The van der Waals surface area contributed by atoms with Crippen LogP contribution in [0, 0.1) is 24.7 Å². The highest BCUT2D eigenvalue weighted by Gasteiger charge is 2.02. The minimum absolute atomic E-state index is 0.0754. The number of benzene rings is 2. The summed E-state index contributed by atoms with van der Waals surface area (Å²) in [5.41, 5.74) is 1.19. The summed E-state index contributed by atoms with van der Waals surface area (Å²) in [6.07, 6.45) is 14.2. The maximum atomic E-state index is 9.96. The Morgan fingerprint density at radius 2 is 1.24 bits per heavy atom.